The first-order valence-corrected chi connectivity index (χ1v) is 10.8. The molecule has 3 aromatic rings. The van der Waals surface area contributed by atoms with E-state index in [2.05, 4.69) is 15.4 Å². The Morgan fingerprint density at radius 1 is 1.12 bits per heavy atom. The van der Waals surface area contributed by atoms with Gasteiger partial charge in [0.1, 0.15) is 11.3 Å². The van der Waals surface area contributed by atoms with E-state index < -0.39 is 34.9 Å². The zero-order chi connectivity index (χ0) is 25.4. The zero-order valence-electron chi connectivity index (χ0n) is 18.0. The van der Waals surface area contributed by atoms with Crippen molar-refractivity contribution < 1.29 is 39.7 Å². The molecule has 0 saturated carbocycles. The van der Waals surface area contributed by atoms with Gasteiger partial charge >= 0.3 is 12.1 Å². The molecule has 2 aromatic heterocycles. The Balaban J connectivity index is 2.10. The summed E-state index contributed by atoms with van der Waals surface area (Å²) in [6, 6.07) is 6.11. The summed E-state index contributed by atoms with van der Waals surface area (Å²) in [5.41, 5.74) is -2.45. The van der Waals surface area contributed by atoms with E-state index in [9.17, 15) is 22.8 Å². The summed E-state index contributed by atoms with van der Waals surface area (Å²) in [6.45, 7) is 5.41. The molecule has 3 rings (SSSR count). The van der Waals surface area contributed by atoms with Gasteiger partial charge in [-0.25, -0.2) is 14.5 Å². The average molecular weight is 537 g/mol. The van der Waals surface area contributed by atoms with Crippen LogP contribution in [0.1, 0.15) is 47.3 Å². The Morgan fingerprint density at radius 3 is 2.38 bits per heavy atom. The number of carbonyl (C=O) groups excluding carboxylic acids is 2. The van der Waals surface area contributed by atoms with Crippen molar-refractivity contribution in [3.8, 4) is 5.82 Å². The number of anilines is 1. The number of rotatable bonds is 4. The van der Waals surface area contributed by atoms with Gasteiger partial charge in [-0.3, -0.25) is 10.1 Å². The maximum absolute atomic E-state index is 13.4. The van der Waals surface area contributed by atoms with E-state index in [0.717, 1.165) is 0 Å². The van der Waals surface area contributed by atoms with Gasteiger partial charge in [0.25, 0.3) is 5.91 Å². The summed E-state index contributed by atoms with van der Waals surface area (Å²) in [5, 5.41) is 7.49. The van der Waals surface area contributed by atoms with Crippen LogP contribution in [0.15, 0.2) is 36.5 Å². The van der Waals surface area contributed by atoms with Crippen molar-refractivity contribution in [3.05, 3.63) is 68.5 Å². The third kappa shape index (κ3) is 5.87. The standard InChI is InChI=1S/C21H17Cl3F3N5O2/c1-20(2,3)30-18(33)11-7-10(22)8-13(24)16(11)29-19(34)14-9-15(21(25,26)27)31-32(14)17-12(23)5-4-6-28-17/h4-9,22H,1-3H3,(H-,29,30,33,34)/p+2. The summed E-state index contributed by atoms with van der Waals surface area (Å²) >= 11 is 17.5. The molecule has 2 heterocycles. The van der Waals surface area contributed by atoms with Gasteiger partial charge in [0.05, 0.1) is 21.3 Å². The van der Waals surface area contributed by atoms with Gasteiger partial charge in [-0.15, -0.1) is 0 Å². The minimum absolute atomic E-state index is 0.00115. The number of benzene rings is 1. The number of nitrogens with zero attached hydrogens (tertiary/aromatic N) is 3. The second kappa shape index (κ2) is 9.53. The number of hydrogen-bond acceptors (Lipinski definition) is 4. The summed E-state index contributed by atoms with van der Waals surface area (Å²) < 4.78 is 40.8. The molecule has 2 amide bonds. The van der Waals surface area contributed by atoms with Crippen molar-refractivity contribution in [1.29, 1.82) is 0 Å². The minimum atomic E-state index is -4.84. The van der Waals surface area contributed by atoms with Crippen molar-refractivity contribution in [2.75, 3.05) is 5.32 Å². The first kappa shape index (κ1) is 26.0. The van der Waals surface area contributed by atoms with E-state index in [1.54, 1.807) is 20.8 Å². The van der Waals surface area contributed by atoms with Crippen molar-refractivity contribution in [2.45, 2.75) is 32.5 Å². The quantitative estimate of drug-likeness (QED) is 0.526. The van der Waals surface area contributed by atoms with Gasteiger partial charge in [0.15, 0.2) is 23.1 Å². The highest BCUT2D eigenvalue weighted by Crippen LogP contribution is 2.32. The van der Waals surface area contributed by atoms with Crippen LogP contribution in [-0.4, -0.2) is 32.1 Å². The molecule has 0 aliphatic carbocycles. The lowest BCUT2D eigenvalue weighted by Gasteiger charge is -2.17. The van der Waals surface area contributed by atoms with Crippen LogP contribution < -0.4 is 10.6 Å². The number of pyridine rings is 1. The summed E-state index contributed by atoms with van der Waals surface area (Å²) in [7, 11) is 0. The van der Waals surface area contributed by atoms with Crippen molar-refractivity contribution in [2.24, 2.45) is 0 Å². The fraction of sp³-hybridized carbons (Fsp3) is 0.238. The Bertz CT molecular complexity index is 1270. The van der Waals surface area contributed by atoms with Crippen LogP contribution in [0.5, 0.6) is 0 Å². The first-order valence-electron chi connectivity index (χ1n) is 9.67. The van der Waals surface area contributed by atoms with E-state index in [1.165, 1.54) is 35.8 Å². The largest absolute Gasteiger partial charge is 0.435 e. The number of halogens is 6. The Hall–Kier alpha value is -2.66. The summed E-state index contributed by atoms with van der Waals surface area (Å²) in [6.07, 6.45) is -3.55. The van der Waals surface area contributed by atoms with E-state index >= 15 is 0 Å². The maximum Gasteiger partial charge on any atom is 0.435 e. The fourth-order valence-electron chi connectivity index (χ4n) is 2.93. The van der Waals surface area contributed by atoms with Crippen LogP contribution in [0.4, 0.5) is 18.9 Å². The van der Waals surface area contributed by atoms with Crippen molar-refractivity contribution in [1.82, 2.24) is 14.8 Å². The molecular weight excluding hydrogens is 518 g/mol. The lowest BCUT2D eigenvalue weighted by atomic mass is 10.1. The third-order valence-electron chi connectivity index (χ3n) is 4.30. The third-order valence-corrected chi connectivity index (χ3v) is 5.13. The Morgan fingerprint density at radius 2 is 1.79 bits per heavy atom. The molecule has 0 atom stereocenters. The average Bonchev–Trinajstić information content (AvgIpc) is 3.14. The molecule has 0 radical (unpaired) electrons. The highest BCUT2D eigenvalue weighted by molar-refractivity contribution is 6.35. The Labute approximate surface area is 207 Å². The van der Waals surface area contributed by atoms with E-state index in [1.807, 2.05) is 0 Å². The molecule has 0 aliphatic rings. The number of quaternary nitrogens is 1. The number of carbonyl (C=O) groups is 2. The van der Waals surface area contributed by atoms with E-state index in [4.69, 9.17) is 34.8 Å². The van der Waals surface area contributed by atoms with Gasteiger partial charge in [-0.1, -0.05) is 23.2 Å². The van der Waals surface area contributed by atoms with Gasteiger partial charge < -0.3 is 5.32 Å². The number of amides is 2. The number of nitrogens with two attached hydrogens (primary N) is 1. The summed E-state index contributed by atoms with van der Waals surface area (Å²) in [4.78, 5) is 29.9. The molecule has 0 spiro atoms. The molecule has 0 bridgehead atoms. The predicted molar refractivity (Wildman–Crippen MR) is 117 cm³/mol. The molecule has 34 heavy (non-hydrogen) atoms. The van der Waals surface area contributed by atoms with Crippen molar-refractivity contribution >= 4 is 40.7 Å². The fourth-order valence-corrected chi connectivity index (χ4v) is 3.70. The van der Waals surface area contributed by atoms with Crippen LogP contribution in [0.25, 0.3) is 5.82 Å². The molecule has 0 saturated heterocycles. The number of nitrogens with one attached hydrogen (secondary N) is 1. The number of primary amides is 1. The molecule has 7 nitrogen and oxygen atoms in total. The van der Waals surface area contributed by atoms with Crippen molar-refractivity contribution in [3.63, 3.8) is 0 Å². The van der Waals surface area contributed by atoms with E-state index in [-0.39, 0.29) is 32.1 Å². The highest BCUT2D eigenvalue weighted by Gasteiger charge is 2.37. The number of hydrogen-bond donors (Lipinski definition) is 2. The molecule has 3 N–H and O–H groups in total. The van der Waals surface area contributed by atoms with Gasteiger partial charge in [-0.2, -0.15) is 18.3 Å². The normalized spacial score (nSPS) is 12.0. The molecule has 0 unspecified atom stereocenters. The monoisotopic (exact) mass is 535 g/mol. The lowest BCUT2D eigenvalue weighted by molar-refractivity contribution is -0.625. The topological polar surface area (TPSA) is 93.5 Å². The smallest absolute Gasteiger partial charge is 0.318 e. The maximum atomic E-state index is 13.4. The summed E-state index contributed by atoms with van der Waals surface area (Å²) in [5.74, 6) is -1.67. The first-order chi connectivity index (χ1) is 15.7. The van der Waals surface area contributed by atoms with Gasteiger partial charge in [0, 0.05) is 24.4 Å². The molecule has 0 aliphatic heterocycles. The van der Waals surface area contributed by atoms with E-state index in [0.29, 0.717) is 10.7 Å². The molecule has 13 heteroatoms. The minimum Gasteiger partial charge on any atom is -0.318 e. The second-order valence-electron chi connectivity index (χ2n) is 8.29. The SMILES string of the molecule is CC(C)(C)[NH2+]C(=O)c1cc([ClH+])cc(Cl)c1NC(=O)c1cc(C(F)(F)F)nn1-c1ncccc1Cl. The predicted octanol–water partition coefficient (Wildman–Crippen LogP) is 4.04. The van der Waals surface area contributed by atoms with Crippen LogP contribution in [0.2, 0.25) is 15.1 Å². The highest BCUT2D eigenvalue weighted by atomic mass is 35.5. The van der Waals surface area contributed by atoms with Crippen LogP contribution >= 0.6 is 23.2 Å². The van der Waals surface area contributed by atoms with Crippen LogP contribution in [0.3, 0.4) is 0 Å². The lowest BCUT2D eigenvalue weighted by Crippen LogP contribution is -2.97. The van der Waals surface area contributed by atoms with Crippen LogP contribution in [-0.2, 0) is 6.18 Å². The molecule has 0 fully saturated rings. The van der Waals surface area contributed by atoms with Crippen LogP contribution in [0, 0.1) is 11.6 Å². The zero-order valence-corrected chi connectivity index (χ0v) is 20.3. The second-order valence-corrected chi connectivity index (χ2v) is 9.58. The van der Waals surface area contributed by atoms with Gasteiger partial charge in [0.2, 0.25) is 5.02 Å². The molecule has 180 valence electrons. The Kier molecular flexibility index (Phi) is 7.28. The number of alkyl halides is 3. The molecular formula is C21H19Cl3F3N5O2+2. The van der Waals surface area contributed by atoms with Gasteiger partial charge in [-0.05, 0) is 32.9 Å². The molecule has 1 aromatic carbocycles. The number of aromatic nitrogens is 3.